The summed E-state index contributed by atoms with van der Waals surface area (Å²) in [5.74, 6) is -1.74. The van der Waals surface area contributed by atoms with Crippen molar-refractivity contribution in [3.8, 4) is 0 Å². The summed E-state index contributed by atoms with van der Waals surface area (Å²) in [5.41, 5.74) is 4.87. The average Bonchev–Trinajstić information content (AvgIpc) is 2.44. The number of fused-ring (bicyclic) bond motifs is 1. The summed E-state index contributed by atoms with van der Waals surface area (Å²) in [5, 5.41) is 34.5. The molecule has 0 saturated carbocycles. The molecule has 0 fully saturated rings. The lowest BCUT2D eigenvalue weighted by Gasteiger charge is -2.29. The molecule has 0 aliphatic carbocycles. The summed E-state index contributed by atoms with van der Waals surface area (Å²) in [6.07, 6.45) is -4.88. The van der Waals surface area contributed by atoms with Gasteiger partial charge in [0.15, 0.2) is 12.0 Å². The fraction of sp³-hybridized carbons (Fsp3) is 0.500. The highest BCUT2D eigenvalue weighted by Gasteiger charge is 2.32. The third kappa shape index (κ3) is 2.96. The molecule has 4 atom stereocenters. The van der Waals surface area contributed by atoms with Gasteiger partial charge in [0.25, 0.3) is 0 Å². The second-order valence-electron chi connectivity index (χ2n) is 4.95. The number of anilines is 1. The number of nitrogens with zero attached hydrogens (tertiary/aromatic N) is 2. The highest BCUT2D eigenvalue weighted by molar-refractivity contribution is 6.42. The molecule has 0 amide bonds. The van der Waals surface area contributed by atoms with Crippen LogP contribution in [0.15, 0.2) is 0 Å². The van der Waals surface area contributed by atoms with Crippen LogP contribution in [0.25, 0.3) is 0 Å². The van der Waals surface area contributed by atoms with Gasteiger partial charge >= 0.3 is 0 Å². The minimum Gasteiger partial charge on any atom is -0.390 e. The fourth-order valence-corrected chi connectivity index (χ4v) is 1.96. The van der Waals surface area contributed by atoms with Crippen molar-refractivity contribution in [2.24, 2.45) is 5.73 Å². The molecule has 0 saturated heterocycles. The lowest BCUT2D eigenvalue weighted by atomic mass is 10.0. The van der Waals surface area contributed by atoms with E-state index >= 15 is 0 Å². The van der Waals surface area contributed by atoms with E-state index < -0.39 is 42.0 Å². The minimum atomic E-state index is -1.53. The van der Waals surface area contributed by atoms with Crippen LogP contribution in [0, 0.1) is 0 Å². The maximum atomic E-state index is 12.0. The van der Waals surface area contributed by atoms with Gasteiger partial charge in [-0.2, -0.15) is 0 Å². The van der Waals surface area contributed by atoms with Gasteiger partial charge < -0.3 is 20.6 Å². The standard InChI is InChI=1S/C12H17N5O5/c1-3(18)8(20)5-6(9(21)4(2)19)15-10-7(14-5)11(22)17-12(13)16-10/h4,9,11-12,17,19,21-22H,13H2,1-2H3,(H,15,16). The van der Waals surface area contributed by atoms with E-state index in [4.69, 9.17) is 5.73 Å². The lowest BCUT2D eigenvalue weighted by Crippen LogP contribution is -2.50. The Bertz CT molecular complexity index is 620. The maximum absolute atomic E-state index is 12.0. The third-order valence-corrected chi connectivity index (χ3v) is 3.11. The Balaban J connectivity index is 2.62. The normalized spacial score (nSPS) is 23.2. The Morgan fingerprint density at radius 2 is 1.95 bits per heavy atom. The van der Waals surface area contributed by atoms with Crippen molar-refractivity contribution < 1.29 is 24.9 Å². The number of hydrogen-bond donors (Lipinski definition) is 6. The van der Waals surface area contributed by atoms with Gasteiger partial charge in [-0.15, -0.1) is 0 Å². The molecule has 0 bridgehead atoms. The number of nitrogens with one attached hydrogen (secondary N) is 2. The van der Waals surface area contributed by atoms with Crippen LogP contribution in [-0.4, -0.2) is 49.2 Å². The van der Waals surface area contributed by atoms with Crippen molar-refractivity contribution in [1.82, 2.24) is 15.3 Å². The molecule has 7 N–H and O–H groups in total. The molecule has 2 heterocycles. The molecule has 1 aliphatic heterocycles. The predicted octanol–water partition coefficient (Wildman–Crippen LogP) is -2.09. The SMILES string of the molecule is CC(=O)C(=O)c1nc2c(nc1C(O)C(C)O)NC(N)NC2O. The first-order chi connectivity index (χ1) is 10.2. The van der Waals surface area contributed by atoms with Crippen LogP contribution in [0.2, 0.25) is 0 Å². The molecule has 4 unspecified atom stereocenters. The number of Topliss-reactive ketones (excluding diaryl/α,β-unsaturated/α-hetero) is 2. The van der Waals surface area contributed by atoms with Crippen molar-refractivity contribution in [3.05, 3.63) is 17.1 Å². The highest BCUT2D eigenvalue weighted by atomic mass is 16.3. The van der Waals surface area contributed by atoms with Crippen molar-refractivity contribution in [2.75, 3.05) is 5.32 Å². The molecule has 1 aromatic heterocycles. The van der Waals surface area contributed by atoms with Crippen LogP contribution in [0.3, 0.4) is 0 Å². The number of carbonyl (C=O) groups excluding carboxylic acids is 2. The largest absolute Gasteiger partial charge is 0.390 e. The second-order valence-corrected chi connectivity index (χ2v) is 4.95. The summed E-state index contributed by atoms with van der Waals surface area (Å²) >= 11 is 0. The topological polar surface area (TPSA) is 171 Å². The van der Waals surface area contributed by atoms with E-state index in [1.54, 1.807) is 0 Å². The zero-order valence-electron chi connectivity index (χ0n) is 11.9. The van der Waals surface area contributed by atoms with E-state index in [2.05, 4.69) is 20.6 Å². The smallest absolute Gasteiger partial charge is 0.248 e. The number of rotatable bonds is 4. The molecule has 10 heteroatoms. The van der Waals surface area contributed by atoms with Crippen LogP contribution in [0.4, 0.5) is 5.82 Å². The molecule has 1 aliphatic rings. The lowest BCUT2D eigenvalue weighted by molar-refractivity contribution is -0.113. The first-order valence-electron chi connectivity index (χ1n) is 6.51. The summed E-state index contributed by atoms with van der Waals surface area (Å²) in [7, 11) is 0. The van der Waals surface area contributed by atoms with Crippen molar-refractivity contribution in [2.45, 2.75) is 38.6 Å². The number of aliphatic hydroxyl groups excluding tert-OH is 3. The number of aromatic nitrogens is 2. The number of hydrogen-bond acceptors (Lipinski definition) is 10. The van der Waals surface area contributed by atoms with Crippen molar-refractivity contribution in [1.29, 1.82) is 0 Å². The van der Waals surface area contributed by atoms with E-state index in [0.29, 0.717) is 0 Å². The first-order valence-corrected chi connectivity index (χ1v) is 6.51. The van der Waals surface area contributed by atoms with E-state index in [9.17, 15) is 24.9 Å². The van der Waals surface area contributed by atoms with E-state index in [1.165, 1.54) is 6.92 Å². The van der Waals surface area contributed by atoms with Crippen LogP contribution in [0.1, 0.15) is 48.1 Å². The van der Waals surface area contributed by atoms with Gasteiger partial charge in [-0.25, -0.2) is 9.97 Å². The molecule has 1 aromatic rings. The zero-order valence-corrected chi connectivity index (χ0v) is 11.9. The number of carbonyl (C=O) groups is 2. The molecule has 2 rings (SSSR count). The van der Waals surface area contributed by atoms with Gasteiger partial charge in [0.05, 0.1) is 6.10 Å². The summed E-state index contributed by atoms with van der Waals surface area (Å²) in [6, 6.07) is 0. The second kappa shape index (κ2) is 6.02. The van der Waals surface area contributed by atoms with E-state index in [1.807, 2.05) is 0 Å². The molecule has 120 valence electrons. The van der Waals surface area contributed by atoms with E-state index in [-0.39, 0.29) is 17.2 Å². The maximum Gasteiger partial charge on any atom is 0.248 e. The number of aliphatic hydroxyl groups is 3. The zero-order chi connectivity index (χ0) is 16.6. The van der Waals surface area contributed by atoms with Crippen LogP contribution in [-0.2, 0) is 4.79 Å². The molecular weight excluding hydrogens is 294 g/mol. The average molecular weight is 311 g/mol. The van der Waals surface area contributed by atoms with Crippen molar-refractivity contribution in [3.63, 3.8) is 0 Å². The summed E-state index contributed by atoms with van der Waals surface area (Å²) in [4.78, 5) is 31.2. The predicted molar refractivity (Wildman–Crippen MR) is 73.4 cm³/mol. The third-order valence-electron chi connectivity index (χ3n) is 3.11. The Morgan fingerprint density at radius 3 is 2.50 bits per heavy atom. The van der Waals surface area contributed by atoms with Gasteiger partial charge in [-0.1, -0.05) is 0 Å². The van der Waals surface area contributed by atoms with Crippen LogP contribution in [0.5, 0.6) is 0 Å². The summed E-state index contributed by atoms with van der Waals surface area (Å²) in [6.45, 7) is 2.34. The molecule has 22 heavy (non-hydrogen) atoms. The van der Waals surface area contributed by atoms with Crippen molar-refractivity contribution >= 4 is 17.4 Å². The minimum absolute atomic E-state index is 0.0344. The Labute approximate surface area is 125 Å². The Hall–Kier alpha value is -1.98. The highest BCUT2D eigenvalue weighted by Crippen LogP contribution is 2.27. The Morgan fingerprint density at radius 1 is 1.32 bits per heavy atom. The van der Waals surface area contributed by atoms with E-state index in [0.717, 1.165) is 6.92 Å². The van der Waals surface area contributed by atoms with Gasteiger partial charge in [0.2, 0.25) is 11.6 Å². The summed E-state index contributed by atoms with van der Waals surface area (Å²) < 4.78 is 0. The molecule has 0 spiro atoms. The monoisotopic (exact) mass is 311 g/mol. The molecule has 0 radical (unpaired) electrons. The first kappa shape index (κ1) is 16.4. The molecule has 10 nitrogen and oxygen atoms in total. The van der Waals surface area contributed by atoms with Crippen LogP contribution >= 0.6 is 0 Å². The van der Waals surface area contributed by atoms with Gasteiger partial charge in [-0.3, -0.25) is 20.6 Å². The van der Waals surface area contributed by atoms with Crippen LogP contribution < -0.4 is 16.4 Å². The number of ketones is 2. The van der Waals surface area contributed by atoms with Gasteiger partial charge in [-0.05, 0) is 6.92 Å². The van der Waals surface area contributed by atoms with Gasteiger partial charge in [0.1, 0.15) is 29.5 Å². The Kier molecular flexibility index (Phi) is 4.49. The fourth-order valence-electron chi connectivity index (χ4n) is 1.96. The quantitative estimate of drug-likeness (QED) is 0.267. The number of nitrogens with two attached hydrogens (primary N) is 1. The van der Waals surface area contributed by atoms with Gasteiger partial charge in [0, 0.05) is 6.92 Å². The molecular formula is C12H17N5O5. The molecule has 0 aromatic carbocycles.